The van der Waals surface area contributed by atoms with Crippen molar-refractivity contribution in [2.45, 2.75) is 427 Å². The summed E-state index contributed by atoms with van der Waals surface area (Å²) in [7, 11) is 0. The molecule has 130 heavy (non-hydrogen) atoms. The highest BCUT2D eigenvalue weighted by Gasteiger charge is 2.25. The molecule has 30 nitrogen and oxygen atoms in total. The van der Waals surface area contributed by atoms with Crippen LogP contribution in [-0.2, 0) is 99.0 Å². The minimum Gasteiger partial charge on any atom is -0.481 e. The number of hydrogen-bond donors (Lipinski definition) is 2. The second-order valence-corrected chi connectivity index (χ2v) is 35.9. The second kappa shape index (κ2) is 91.8. The molecule has 2 unspecified atom stereocenters. The zero-order chi connectivity index (χ0) is 96.4. The molecule has 1 heterocycles. The maximum atomic E-state index is 13.0. The number of aliphatic carboxylic acids is 2. The first-order valence-electron chi connectivity index (χ1n) is 50.1. The number of unbranched alkanes of at least 4 members (excludes halogenated alkanes) is 40. The summed E-state index contributed by atoms with van der Waals surface area (Å²) in [4.78, 5) is 154. The summed E-state index contributed by atoms with van der Waals surface area (Å²) in [5, 5.41) is 28.9. The number of ether oxygens (including phenoxy) is 6. The SMILES string of the molecule is C#CCN(CCN(CCSCCC(=O)O)C(=O)CC)C(=O)CC.CCCCCCCCCCCCCC(=O)OCC(COC(=O)CN=[N+]=[N-])OC(=O)CCCCCCCCCCCCC.CCCCCCCCCCCCCC(=O)OCC(COC(=O)Cn1cc(CN(CCN(CCSCCC(=O)O)C(=O)CC)C(=O)CC)nn1)OC(=O)CCCCCCCCCCCCC. The van der Waals surface area contributed by atoms with Gasteiger partial charge in [0.05, 0.1) is 32.1 Å². The Bertz CT molecular complexity index is 3180. The average Bonchev–Trinajstić information content (AvgIpc) is 1.72. The van der Waals surface area contributed by atoms with Gasteiger partial charge in [0.1, 0.15) is 45.2 Å². The van der Waals surface area contributed by atoms with Gasteiger partial charge in [0.15, 0.2) is 12.2 Å². The first-order valence-corrected chi connectivity index (χ1v) is 52.4. The number of terminal acetylenes is 1. The molecule has 0 bridgehead atoms. The molecular weight excluding hydrogens is 1700 g/mol. The molecule has 0 aliphatic rings. The first-order chi connectivity index (χ1) is 63.0. The van der Waals surface area contributed by atoms with Crippen molar-refractivity contribution in [1.29, 1.82) is 0 Å². The maximum absolute atomic E-state index is 13.0. The van der Waals surface area contributed by atoms with Gasteiger partial charge in [0, 0.05) is 119 Å². The number of rotatable bonds is 87. The Morgan fingerprint density at radius 1 is 0.385 bits per heavy atom. The van der Waals surface area contributed by atoms with E-state index in [1.54, 1.807) is 53.5 Å². The predicted molar refractivity (Wildman–Crippen MR) is 516 cm³/mol. The van der Waals surface area contributed by atoms with Crippen molar-refractivity contribution < 1.29 is 96.2 Å². The number of azide groups is 1. The number of carbonyl (C=O) groups excluding carboxylic acids is 10. The van der Waals surface area contributed by atoms with E-state index in [2.05, 4.69) is 54.0 Å². The molecule has 2 atom stereocenters. The zero-order valence-electron chi connectivity index (χ0n) is 81.8. The Morgan fingerprint density at radius 3 is 0.985 bits per heavy atom. The van der Waals surface area contributed by atoms with Crippen molar-refractivity contribution in [2.24, 2.45) is 5.11 Å². The maximum Gasteiger partial charge on any atom is 0.327 e. The van der Waals surface area contributed by atoms with Gasteiger partial charge in [-0.2, -0.15) is 23.5 Å². The van der Waals surface area contributed by atoms with Gasteiger partial charge in [-0.25, -0.2) is 4.68 Å². The molecular formula is C98H174N10O20S2. The Morgan fingerprint density at radius 2 is 0.669 bits per heavy atom. The molecule has 748 valence electrons. The van der Waals surface area contributed by atoms with E-state index >= 15 is 0 Å². The van der Waals surface area contributed by atoms with Crippen LogP contribution in [-0.4, -0.2) is 230 Å². The summed E-state index contributed by atoms with van der Waals surface area (Å²) >= 11 is 2.97. The zero-order valence-corrected chi connectivity index (χ0v) is 83.4. The lowest BCUT2D eigenvalue weighted by Gasteiger charge is -2.27. The van der Waals surface area contributed by atoms with Crippen LogP contribution in [0.3, 0.4) is 0 Å². The van der Waals surface area contributed by atoms with Gasteiger partial charge >= 0.3 is 47.8 Å². The topological polar surface area (TPSA) is 393 Å². The van der Waals surface area contributed by atoms with Crippen molar-refractivity contribution in [2.75, 3.05) is 102 Å². The van der Waals surface area contributed by atoms with Crippen LogP contribution >= 0.6 is 23.5 Å². The Labute approximate surface area is 790 Å². The number of carboxylic acids is 2. The predicted octanol–water partition coefficient (Wildman–Crippen LogP) is 20.9. The summed E-state index contributed by atoms with van der Waals surface area (Å²) in [6, 6.07) is 0. The third-order valence-corrected chi connectivity index (χ3v) is 23.8. The highest BCUT2D eigenvalue weighted by Crippen LogP contribution is 2.20. The van der Waals surface area contributed by atoms with Gasteiger partial charge in [0.25, 0.3) is 0 Å². The largest absolute Gasteiger partial charge is 0.481 e. The lowest BCUT2D eigenvalue weighted by molar-refractivity contribution is -0.167. The standard InChI is InChI=1S/C49H87N5O10S.C33H61N3O6.C16H26N2O4S/c1-5-9-11-13-15-17-19-21-23-25-27-29-47(59)62-40-43(64-48(60)30-28-26-24-22-20-18-16-14-12-10-6-2)41-63-49(61)39-54-38-42(50-51-54)37-53(45(56)8-4)33-32-52(44(55)7-3)34-36-65-35-31-46(57)58;1-3-5-7-9-11-13-15-17-19-21-23-25-31(37)40-28-30(29-41-33(39)27-35-36-34)42-32(38)26-24-22-20-18-16-14-12-10-8-6-4-2;1-4-8-17(14(19)5-2)9-10-18(15(20)6-3)11-13-23-12-7-16(21)22/h38,43H,5-37,39-41H2,1-4H3,(H,57,58);30H,3-29H2,1-2H3;1H,5-13H2,2-3H3,(H,21,22). The number of hydrogen-bond acceptors (Lipinski definition) is 23. The van der Waals surface area contributed by atoms with Crippen LogP contribution in [0, 0.1) is 12.3 Å². The van der Waals surface area contributed by atoms with E-state index in [0.29, 0.717) is 93.5 Å². The van der Waals surface area contributed by atoms with Gasteiger partial charge in [-0.1, -0.05) is 328 Å². The number of nitrogens with zero attached hydrogens (tertiary/aromatic N) is 10. The van der Waals surface area contributed by atoms with E-state index in [0.717, 1.165) is 77.0 Å². The van der Waals surface area contributed by atoms with E-state index in [-0.39, 0.29) is 127 Å². The molecule has 0 aliphatic carbocycles. The van der Waals surface area contributed by atoms with Crippen LogP contribution in [0.2, 0.25) is 0 Å². The molecule has 4 amide bonds. The number of carbonyl (C=O) groups is 12. The molecule has 1 aromatic heterocycles. The van der Waals surface area contributed by atoms with Crippen LogP contribution in [0.25, 0.3) is 10.4 Å². The minimum atomic E-state index is -0.956. The number of thioether (sulfide) groups is 2. The average molecular weight is 1880 g/mol. The summed E-state index contributed by atoms with van der Waals surface area (Å²) in [5.74, 6) is -0.110. The third kappa shape index (κ3) is 80.0. The van der Waals surface area contributed by atoms with Gasteiger partial charge in [-0.3, -0.25) is 57.5 Å². The molecule has 0 aromatic carbocycles. The monoisotopic (exact) mass is 1880 g/mol. The van der Waals surface area contributed by atoms with Crippen molar-refractivity contribution in [3.05, 3.63) is 22.3 Å². The highest BCUT2D eigenvalue weighted by atomic mass is 32.2. The second-order valence-electron chi connectivity index (χ2n) is 33.4. The number of carboxylic acid groups (broad SMARTS) is 2. The quantitative estimate of drug-likeness (QED) is 0.0116. The summed E-state index contributed by atoms with van der Waals surface area (Å²) in [5.41, 5.74) is 8.80. The van der Waals surface area contributed by atoms with Crippen LogP contribution in [0.4, 0.5) is 0 Å². The smallest absolute Gasteiger partial charge is 0.327 e. The van der Waals surface area contributed by atoms with E-state index in [1.165, 1.54) is 227 Å². The van der Waals surface area contributed by atoms with Gasteiger partial charge < -0.3 is 58.2 Å². The van der Waals surface area contributed by atoms with Crippen LogP contribution in [0.15, 0.2) is 11.3 Å². The molecule has 0 aliphatic heterocycles. The molecule has 0 saturated heterocycles. The summed E-state index contributed by atoms with van der Waals surface area (Å²) < 4.78 is 33.8. The fraction of sp³-hybridized carbons (Fsp3) is 0.837. The van der Waals surface area contributed by atoms with E-state index in [1.807, 2.05) is 0 Å². The van der Waals surface area contributed by atoms with E-state index in [9.17, 15) is 57.5 Å². The number of esters is 6. The van der Waals surface area contributed by atoms with Crippen LogP contribution in [0.5, 0.6) is 0 Å². The molecule has 2 N–H and O–H groups in total. The first kappa shape index (κ1) is 124. The molecule has 32 heteroatoms. The Kier molecular flexibility index (Phi) is 87.9. The lowest BCUT2D eigenvalue weighted by atomic mass is 10.1. The highest BCUT2D eigenvalue weighted by molar-refractivity contribution is 7.99. The normalized spacial score (nSPS) is 11.3. The van der Waals surface area contributed by atoms with E-state index in [4.69, 9.17) is 50.6 Å². The lowest BCUT2D eigenvalue weighted by Crippen LogP contribution is -2.41. The van der Waals surface area contributed by atoms with Crippen molar-refractivity contribution >= 4 is 94.9 Å². The Hall–Kier alpha value is -7.65. The Balaban J connectivity index is 0. The fourth-order valence-electron chi connectivity index (χ4n) is 14.0. The van der Waals surface area contributed by atoms with Crippen molar-refractivity contribution in [3.63, 3.8) is 0 Å². The molecule has 0 fully saturated rings. The molecule has 0 spiro atoms. The summed E-state index contributed by atoms with van der Waals surface area (Å²) in [6.07, 6.45) is 59.6. The van der Waals surface area contributed by atoms with Crippen LogP contribution < -0.4 is 0 Å². The van der Waals surface area contributed by atoms with Gasteiger partial charge in [-0.05, 0) is 31.2 Å². The van der Waals surface area contributed by atoms with Gasteiger partial charge in [-0.15, -0.1) is 11.5 Å². The minimum absolute atomic E-state index is 0.0217. The van der Waals surface area contributed by atoms with Crippen molar-refractivity contribution in [3.8, 4) is 12.3 Å². The molecule has 1 aromatic rings. The van der Waals surface area contributed by atoms with Gasteiger partial charge in [0.2, 0.25) is 23.6 Å². The molecule has 0 radical (unpaired) electrons. The number of aromatic nitrogens is 3. The van der Waals surface area contributed by atoms with E-state index < -0.39 is 54.6 Å². The summed E-state index contributed by atoms with van der Waals surface area (Å²) in [6.45, 7) is 17.1. The van der Waals surface area contributed by atoms with Crippen molar-refractivity contribution in [1.82, 2.24) is 34.6 Å². The molecule has 0 saturated carbocycles. The third-order valence-electron chi connectivity index (χ3n) is 21.9. The fourth-order valence-corrected chi connectivity index (χ4v) is 15.8. The number of amides is 4. The molecule has 1 rings (SSSR count). The van der Waals surface area contributed by atoms with Crippen LogP contribution in [0.1, 0.15) is 408 Å².